The fraction of sp³-hybridized carbons (Fsp3) is 0.438. The second-order valence-electron chi connectivity index (χ2n) is 5.92. The van der Waals surface area contributed by atoms with E-state index in [2.05, 4.69) is 69.9 Å². The van der Waals surface area contributed by atoms with Crippen LogP contribution in [0.25, 0.3) is 11.4 Å². The van der Waals surface area contributed by atoms with Crippen molar-refractivity contribution in [1.29, 1.82) is 0 Å². The molecule has 0 spiro atoms. The molecular formula is C16H22Cl2NSiTi. The number of nitrogens with zero attached hydrogens (tertiary/aromatic N) is 1. The molecule has 1 aliphatic rings. The van der Waals surface area contributed by atoms with Crippen molar-refractivity contribution < 1.29 is 46.5 Å². The van der Waals surface area contributed by atoms with Crippen LogP contribution in [-0.4, -0.2) is 19.6 Å². The summed E-state index contributed by atoms with van der Waals surface area (Å²) in [6.45, 7) is 11.3. The first-order valence-corrected chi connectivity index (χ1v) is 9.12. The SMILES string of the molecule is CC1=Cc2ccccc2C1[N-]C(C)(C)C=[Si](C)C.[Cl-].[Cl-].[Ti+3]. The Morgan fingerprint density at radius 3 is 2.29 bits per heavy atom. The number of fused-ring (bicyclic) bond motifs is 1. The Balaban J connectivity index is 0. The second-order valence-corrected chi connectivity index (χ2v) is 8.37. The Morgan fingerprint density at radius 2 is 1.71 bits per heavy atom. The summed E-state index contributed by atoms with van der Waals surface area (Å²) in [4.78, 5) is 0. The van der Waals surface area contributed by atoms with Gasteiger partial charge in [-0.1, -0.05) is 74.5 Å². The van der Waals surface area contributed by atoms with E-state index in [1.165, 1.54) is 16.7 Å². The molecule has 1 aromatic rings. The molecule has 0 amide bonds. The van der Waals surface area contributed by atoms with Gasteiger partial charge in [0.25, 0.3) is 0 Å². The summed E-state index contributed by atoms with van der Waals surface area (Å²) >= 11 is 0. The molecule has 1 aliphatic carbocycles. The standard InChI is InChI=1S/C16H22NSi.2ClH.Ti/c1-12-10-13-8-6-7-9-14(13)15(12)17-16(2,3)11-18(4)5;;;/h6-11,15H,1-5H3;2*1H;/q-1;;;+3/p-2. The molecule has 0 bridgehead atoms. The summed E-state index contributed by atoms with van der Waals surface area (Å²) in [5.41, 5.74) is 6.44. The summed E-state index contributed by atoms with van der Waals surface area (Å²) in [5, 5.41) is 5.07. The molecule has 0 fully saturated rings. The maximum atomic E-state index is 5.07. The fourth-order valence-electron chi connectivity index (χ4n) is 2.71. The van der Waals surface area contributed by atoms with Crippen LogP contribution in [-0.2, 0) is 21.7 Å². The van der Waals surface area contributed by atoms with E-state index >= 15 is 0 Å². The van der Waals surface area contributed by atoms with E-state index in [0.29, 0.717) is 0 Å². The maximum Gasteiger partial charge on any atom is 3.00 e. The van der Waals surface area contributed by atoms with Gasteiger partial charge in [-0.25, -0.2) is 0 Å². The second kappa shape index (κ2) is 9.44. The van der Waals surface area contributed by atoms with E-state index in [1.807, 2.05) is 0 Å². The van der Waals surface area contributed by atoms with Crippen molar-refractivity contribution >= 4 is 20.2 Å². The van der Waals surface area contributed by atoms with Gasteiger partial charge in [0.05, 0.1) is 0 Å². The zero-order valence-corrected chi connectivity index (χ0v) is 17.3. The van der Waals surface area contributed by atoms with Crippen LogP contribution in [0.15, 0.2) is 29.8 Å². The normalized spacial score (nSPS) is 15.7. The van der Waals surface area contributed by atoms with Crippen LogP contribution in [0.1, 0.15) is 37.9 Å². The van der Waals surface area contributed by atoms with Crippen LogP contribution in [0, 0.1) is 0 Å². The molecule has 0 saturated carbocycles. The van der Waals surface area contributed by atoms with Crippen molar-refractivity contribution in [2.24, 2.45) is 0 Å². The molecule has 2 rings (SSSR count). The maximum absolute atomic E-state index is 5.07. The van der Waals surface area contributed by atoms with Gasteiger partial charge >= 0.3 is 21.7 Å². The third kappa shape index (κ3) is 6.13. The third-order valence-corrected chi connectivity index (χ3v) is 4.49. The number of benzene rings is 1. The van der Waals surface area contributed by atoms with Gasteiger partial charge in [0.1, 0.15) is 0 Å². The molecule has 113 valence electrons. The van der Waals surface area contributed by atoms with Gasteiger partial charge in [-0.2, -0.15) is 0 Å². The number of hydrogen-bond acceptors (Lipinski definition) is 0. The smallest absolute Gasteiger partial charge is 1.00 e. The molecule has 0 aliphatic heterocycles. The van der Waals surface area contributed by atoms with E-state index < -0.39 is 0 Å². The molecule has 0 aromatic heterocycles. The van der Waals surface area contributed by atoms with E-state index in [4.69, 9.17) is 5.32 Å². The van der Waals surface area contributed by atoms with Crippen molar-refractivity contribution in [3.63, 3.8) is 0 Å². The van der Waals surface area contributed by atoms with Crippen LogP contribution < -0.4 is 24.8 Å². The minimum absolute atomic E-state index is 0. The topological polar surface area (TPSA) is 14.1 Å². The average molecular weight is 375 g/mol. The third-order valence-electron chi connectivity index (χ3n) is 3.21. The van der Waals surface area contributed by atoms with Crippen molar-refractivity contribution in [3.05, 3.63) is 46.3 Å². The van der Waals surface area contributed by atoms with Crippen molar-refractivity contribution in [2.75, 3.05) is 0 Å². The van der Waals surface area contributed by atoms with Crippen LogP contribution >= 0.6 is 0 Å². The largest absolute Gasteiger partial charge is 3.00 e. The van der Waals surface area contributed by atoms with Gasteiger partial charge in [-0.05, 0) is 20.9 Å². The summed E-state index contributed by atoms with van der Waals surface area (Å²) in [5.74, 6) is 0. The first-order valence-electron chi connectivity index (χ1n) is 6.54. The molecule has 0 saturated heterocycles. The number of halogens is 2. The van der Waals surface area contributed by atoms with Crippen LogP contribution in [0.2, 0.25) is 13.1 Å². The zero-order chi connectivity index (χ0) is 13.3. The average Bonchev–Trinajstić information content (AvgIpc) is 2.53. The summed E-state index contributed by atoms with van der Waals surface area (Å²) in [6.07, 6.45) is 2.27. The number of rotatable bonds is 3. The Bertz CT molecular complexity index is 523. The first-order chi connectivity index (χ1) is 8.39. The van der Waals surface area contributed by atoms with Crippen molar-refractivity contribution in [2.45, 2.75) is 45.4 Å². The van der Waals surface area contributed by atoms with E-state index in [0.717, 1.165) is 0 Å². The van der Waals surface area contributed by atoms with E-state index in [1.54, 1.807) is 0 Å². The molecule has 1 unspecified atom stereocenters. The van der Waals surface area contributed by atoms with Gasteiger partial charge in [-0.3, -0.25) is 0 Å². The molecule has 1 atom stereocenters. The molecule has 1 nitrogen and oxygen atoms in total. The first kappa shape index (κ1) is 23.6. The van der Waals surface area contributed by atoms with Gasteiger partial charge < -0.3 is 30.1 Å². The Labute approximate surface area is 157 Å². The van der Waals surface area contributed by atoms with E-state index in [9.17, 15) is 0 Å². The monoisotopic (exact) mass is 374 g/mol. The van der Waals surface area contributed by atoms with Crippen LogP contribution in [0.3, 0.4) is 0 Å². The minimum atomic E-state index is -0.365. The van der Waals surface area contributed by atoms with Gasteiger partial charge in [-0.15, -0.1) is 11.2 Å². The van der Waals surface area contributed by atoms with Gasteiger partial charge in [0.2, 0.25) is 0 Å². The van der Waals surface area contributed by atoms with E-state index in [-0.39, 0.29) is 66.5 Å². The van der Waals surface area contributed by atoms with Gasteiger partial charge in [0.15, 0.2) is 0 Å². The predicted molar refractivity (Wildman–Crippen MR) is 83.8 cm³/mol. The van der Waals surface area contributed by atoms with Crippen LogP contribution in [0.5, 0.6) is 0 Å². The molecule has 1 aromatic carbocycles. The fourth-order valence-corrected chi connectivity index (χ4v) is 4.20. The summed E-state index contributed by atoms with van der Waals surface area (Å²) in [6, 6.07) is 8.84. The van der Waals surface area contributed by atoms with Crippen LogP contribution in [0.4, 0.5) is 0 Å². The Hall–Kier alpha value is 0.301. The molecule has 1 radical (unpaired) electrons. The Morgan fingerprint density at radius 1 is 1.14 bits per heavy atom. The predicted octanol–water partition coefficient (Wildman–Crippen LogP) is -1.56. The van der Waals surface area contributed by atoms with Gasteiger partial charge in [0, 0.05) is 0 Å². The van der Waals surface area contributed by atoms with Crippen molar-refractivity contribution in [1.82, 2.24) is 0 Å². The summed E-state index contributed by atoms with van der Waals surface area (Å²) < 4.78 is 0. The summed E-state index contributed by atoms with van der Waals surface area (Å²) in [7, 11) is -0.365. The molecular weight excluding hydrogens is 353 g/mol. The molecule has 21 heavy (non-hydrogen) atoms. The zero-order valence-electron chi connectivity index (χ0n) is 13.2. The van der Waals surface area contributed by atoms with Crippen molar-refractivity contribution in [3.8, 4) is 0 Å². The Kier molecular flexibility index (Phi) is 10.6. The molecule has 0 N–H and O–H groups in total. The quantitative estimate of drug-likeness (QED) is 0.568. The molecule has 0 heterocycles. The number of hydrogen-bond donors (Lipinski definition) is 0. The molecule has 5 heteroatoms. The minimum Gasteiger partial charge on any atom is -1.00 e.